The van der Waals surface area contributed by atoms with Crippen LogP contribution in [0.2, 0.25) is 0 Å². The van der Waals surface area contributed by atoms with Gasteiger partial charge in [-0.1, -0.05) is 0 Å². The topological polar surface area (TPSA) is 38.1 Å². The molecule has 1 aromatic rings. The molecule has 0 radical (unpaired) electrons. The molecule has 1 aromatic heterocycles. The van der Waals surface area contributed by atoms with Crippen LogP contribution in [0, 0.1) is 19.8 Å². The maximum absolute atomic E-state index is 11.9. The van der Waals surface area contributed by atoms with Gasteiger partial charge in [0, 0.05) is 19.3 Å². The lowest BCUT2D eigenvalue weighted by Crippen LogP contribution is -2.32. The van der Waals surface area contributed by atoms with Gasteiger partial charge in [-0.25, -0.2) is 0 Å². The molecule has 0 aromatic carbocycles. The quantitative estimate of drug-likeness (QED) is 0.770. The summed E-state index contributed by atoms with van der Waals surface area (Å²) in [6.45, 7) is 5.19. The van der Waals surface area contributed by atoms with Crippen molar-refractivity contribution in [1.82, 2.24) is 14.7 Å². The molecule has 0 unspecified atom stereocenters. The van der Waals surface area contributed by atoms with Crippen LogP contribution in [0.3, 0.4) is 0 Å². The van der Waals surface area contributed by atoms with Crippen LogP contribution in [0.4, 0.5) is 0 Å². The minimum absolute atomic E-state index is 0.151. The molecule has 1 fully saturated rings. The molecule has 1 aliphatic carbocycles. The summed E-state index contributed by atoms with van der Waals surface area (Å²) in [6.07, 6.45) is 2.55. The normalized spacial score (nSPS) is 15.2. The third-order valence-corrected chi connectivity index (χ3v) is 3.04. The van der Waals surface area contributed by atoms with E-state index in [0.29, 0.717) is 6.54 Å². The van der Waals surface area contributed by atoms with Crippen LogP contribution >= 0.6 is 0 Å². The van der Waals surface area contributed by atoms with Crippen molar-refractivity contribution in [2.75, 3.05) is 13.6 Å². The maximum atomic E-state index is 11.9. The van der Waals surface area contributed by atoms with Crippen molar-refractivity contribution < 1.29 is 4.79 Å². The van der Waals surface area contributed by atoms with E-state index in [4.69, 9.17) is 0 Å². The molecule has 88 valence electrons. The summed E-state index contributed by atoms with van der Waals surface area (Å²) >= 11 is 0. The molecule has 2 rings (SSSR count). The van der Waals surface area contributed by atoms with E-state index in [9.17, 15) is 4.79 Å². The highest BCUT2D eigenvalue weighted by Gasteiger charge is 2.24. The molecule has 0 N–H and O–H groups in total. The molecular weight excluding hydrogens is 202 g/mol. The highest BCUT2D eigenvalue weighted by atomic mass is 16.2. The number of hydrogen-bond acceptors (Lipinski definition) is 2. The number of carbonyl (C=O) groups excluding carboxylic acids is 1. The van der Waals surface area contributed by atoms with Crippen LogP contribution in [0.15, 0.2) is 6.07 Å². The van der Waals surface area contributed by atoms with Gasteiger partial charge in [-0.05, 0) is 38.7 Å². The summed E-state index contributed by atoms with van der Waals surface area (Å²) in [4.78, 5) is 13.7. The number of likely N-dealkylation sites (N-methyl/N-ethyl adjacent to an activating group) is 1. The van der Waals surface area contributed by atoms with Gasteiger partial charge in [0.1, 0.15) is 6.54 Å². The molecule has 4 heteroatoms. The first-order chi connectivity index (χ1) is 7.56. The fourth-order valence-corrected chi connectivity index (χ4v) is 1.87. The SMILES string of the molecule is Cc1cc(C)n(CC(=O)N(C)CC2CC2)n1. The second-order valence-corrected chi connectivity index (χ2v) is 4.80. The molecule has 0 spiro atoms. The van der Waals surface area contributed by atoms with Gasteiger partial charge in [-0.15, -0.1) is 0 Å². The fraction of sp³-hybridized carbons (Fsp3) is 0.667. The number of aromatic nitrogens is 2. The second kappa shape index (κ2) is 4.28. The molecule has 0 aliphatic heterocycles. The van der Waals surface area contributed by atoms with Gasteiger partial charge in [0.05, 0.1) is 5.69 Å². The standard InChI is InChI=1S/C12H19N3O/c1-9-6-10(2)15(13-9)8-12(16)14(3)7-11-4-5-11/h6,11H,4-5,7-8H2,1-3H3. The average molecular weight is 221 g/mol. The van der Waals surface area contributed by atoms with E-state index in [2.05, 4.69) is 5.10 Å². The molecule has 1 saturated carbocycles. The summed E-state index contributed by atoms with van der Waals surface area (Å²) in [5.74, 6) is 0.896. The molecule has 16 heavy (non-hydrogen) atoms. The van der Waals surface area contributed by atoms with Crippen LogP contribution in [0.5, 0.6) is 0 Å². The lowest BCUT2D eigenvalue weighted by atomic mass is 10.3. The van der Waals surface area contributed by atoms with E-state index < -0.39 is 0 Å². The first-order valence-electron chi connectivity index (χ1n) is 5.81. The molecular formula is C12H19N3O. The first-order valence-corrected chi connectivity index (χ1v) is 5.81. The van der Waals surface area contributed by atoms with Gasteiger partial charge in [-0.3, -0.25) is 9.48 Å². The zero-order chi connectivity index (χ0) is 11.7. The van der Waals surface area contributed by atoms with Gasteiger partial charge in [-0.2, -0.15) is 5.10 Å². The molecule has 1 amide bonds. The van der Waals surface area contributed by atoms with Gasteiger partial charge in [0.15, 0.2) is 0 Å². The average Bonchev–Trinajstić information content (AvgIpc) is 2.94. The lowest BCUT2D eigenvalue weighted by molar-refractivity contribution is -0.131. The predicted molar refractivity (Wildman–Crippen MR) is 62.1 cm³/mol. The van der Waals surface area contributed by atoms with Crippen molar-refractivity contribution in [1.29, 1.82) is 0 Å². The molecule has 0 bridgehead atoms. The van der Waals surface area contributed by atoms with Crippen LogP contribution in [-0.2, 0) is 11.3 Å². The van der Waals surface area contributed by atoms with Crippen molar-refractivity contribution in [3.05, 3.63) is 17.5 Å². The van der Waals surface area contributed by atoms with Crippen LogP contribution in [0.1, 0.15) is 24.2 Å². The van der Waals surface area contributed by atoms with Crippen molar-refractivity contribution in [3.63, 3.8) is 0 Å². The number of nitrogens with zero attached hydrogens (tertiary/aromatic N) is 3. The summed E-state index contributed by atoms with van der Waals surface area (Å²) in [5.41, 5.74) is 2.01. The summed E-state index contributed by atoms with van der Waals surface area (Å²) in [5, 5.41) is 4.30. The number of aryl methyl sites for hydroxylation is 2. The summed E-state index contributed by atoms with van der Waals surface area (Å²) < 4.78 is 1.78. The van der Waals surface area contributed by atoms with Crippen molar-refractivity contribution in [3.8, 4) is 0 Å². The van der Waals surface area contributed by atoms with Crippen molar-refractivity contribution >= 4 is 5.91 Å². The maximum Gasteiger partial charge on any atom is 0.244 e. The van der Waals surface area contributed by atoms with E-state index in [-0.39, 0.29) is 5.91 Å². The number of rotatable bonds is 4. The Kier molecular flexibility index (Phi) is 2.99. The zero-order valence-corrected chi connectivity index (χ0v) is 10.2. The minimum Gasteiger partial charge on any atom is -0.344 e. The van der Waals surface area contributed by atoms with Crippen molar-refractivity contribution in [2.45, 2.75) is 33.2 Å². The van der Waals surface area contributed by atoms with E-state index in [0.717, 1.165) is 23.9 Å². The van der Waals surface area contributed by atoms with E-state index in [1.807, 2.05) is 31.9 Å². The largest absolute Gasteiger partial charge is 0.344 e. The van der Waals surface area contributed by atoms with Gasteiger partial charge in [0.25, 0.3) is 0 Å². The Bertz CT molecular complexity index is 393. The van der Waals surface area contributed by atoms with E-state index >= 15 is 0 Å². The van der Waals surface area contributed by atoms with E-state index in [1.165, 1.54) is 12.8 Å². The second-order valence-electron chi connectivity index (χ2n) is 4.80. The van der Waals surface area contributed by atoms with Gasteiger partial charge < -0.3 is 4.90 Å². The lowest BCUT2D eigenvalue weighted by Gasteiger charge is -2.17. The van der Waals surface area contributed by atoms with Crippen molar-refractivity contribution in [2.24, 2.45) is 5.92 Å². The number of hydrogen-bond donors (Lipinski definition) is 0. The highest BCUT2D eigenvalue weighted by molar-refractivity contribution is 5.75. The number of amides is 1. The molecule has 0 saturated heterocycles. The Hall–Kier alpha value is -1.32. The van der Waals surface area contributed by atoms with Gasteiger partial charge in [0.2, 0.25) is 5.91 Å². The first kappa shape index (κ1) is 11.2. The fourth-order valence-electron chi connectivity index (χ4n) is 1.87. The minimum atomic E-state index is 0.151. The number of carbonyl (C=O) groups is 1. The highest BCUT2D eigenvalue weighted by Crippen LogP contribution is 2.29. The van der Waals surface area contributed by atoms with Crippen LogP contribution in [0.25, 0.3) is 0 Å². The molecule has 1 heterocycles. The smallest absolute Gasteiger partial charge is 0.244 e. The Morgan fingerprint density at radius 3 is 2.75 bits per heavy atom. The summed E-state index contributed by atoms with van der Waals surface area (Å²) in [6, 6.07) is 1.99. The molecule has 0 atom stereocenters. The third kappa shape index (κ3) is 2.62. The molecule has 4 nitrogen and oxygen atoms in total. The Morgan fingerprint density at radius 2 is 2.25 bits per heavy atom. The Morgan fingerprint density at radius 1 is 1.56 bits per heavy atom. The Labute approximate surface area is 96.2 Å². The van der Waals surface area contributed by atoms with Crippen LogP contribution < -0.4 is 0 Å². The van der Waals surface area contributed by atoms with Crippen LogP contribution in [-0.4, -0.2) is 34.2 Å². The predicted octanol–water partition coefficient (Wildman–Crippen LogP) is 1.37. The third-order valence-electron chi connectivity index (χ3n) is 3.04. The zero-order valence-electron chi connectivity index (χ0n) is 10.2. The summed E-state index contributed by atoms with van der Waals surface area (Å²) in [7, 11) is 1.88. The van der Waals surface area contributed by atoms with Gasteiger partial charge >= 0.3 is 0 Å². The Balaban J connectivity index is 1.92. The van der Waals surface area contributed by atoms with E-state index in [1.54, 1.807) is 4.68 Å². The monoisotopic (exact) mass is 221 g/mol. The molecule has 1 aliphatic rings.